The van der Waals surface area contributed by atoms with Crippen LogP contribution in [0.1, 0.15) is 19.8 Å². The minimum absolute atomic E-state index is 0. The predicted octanol–water partition coefficient (Wildman–Crippen LogP) is 4.07. The van der Waals surface area contributed by atoms with Crippen LogP contribution in [0.5, 0.6) is 0 Å². The Morgan fingerprint density at radius 1 is 1.32 bits per heavy atom. The molecule has 1 fully saturated rings. The van der Waals surface area contributed by atoms with E-state index in [1.54, 1.807) is 11.8 Å². The highest BCUT2D eigenvalue weighted by molar-refractivity contribution is 14.0. The van der Waals surface area contributed by atoms with Crippen molar-refractivity contribution < 1.29 is 4.74 Å². The van der Waals surface area contributed by atoms with Crippen LogP contribution in [0.3, 0.4) is 0 Å². The average molecular weight is 435 g/mol. The Morgan fingerprint density at radius 2 is 2.05 bits per heavy atom. The lowest BCUT2D eigenvalue weighted by Crippen LogP contribution is -2.36. The molecule has 1 aromatic carbocycles. The first-order valence-electron chi connectivity index (χ1n) is 7.62. The third-order valence-corrected chi connectivity index (χ3v) is 4.08. The number of nitrogens with zero attached hydrogens (tertiary/aromatic N) is 2. The molecule has 0 aliphatic carbocycles. The summed E-state index contributed by atoms with van der Waals surface area (Å²) in [6, 6.07) is 8.44. The van der Waals surface area contributed by atoms with Gasteiger partial charge in [-0.15, -0.1) is 24.0 Å². The van der Waals surface area contributed by atoms with E-state index in [1.807, 2.05) is 0 Å². The zero-order valence-corrected chi connectivity index (χ0v) is 16.5. The molecule has 0 spiro atoms. The van der Waals surface area contributed by atoms with Crippen LogP contribution < -0.4 is 10.2 Å². The topological polar surface area (TPSA) is 36.9 Å². The minimum atomic E-state index is 0. The number of aliphatic imine (C=N–C) groups is 1. The van der Waals surface area contributed by atoms with E-state index in [-0.39, 0.29) is 24.0 Å². The highest BCUT2D eigenvalue weighted by atomic mass is 127. The molecule has 0 amide bonds. The molecule has 0 aromatic heterocycles. The number of nitrogens with one attached hydrogen (secondary N) is 1. The number of amidine groups is 1. The summed E-state index contributed by atoms with van der Waals surface area (Å²) in [6.07, 6.45) is 4.38. The molecule has 1 aromatic rings. The molecule has 1 N–H and O–H groups in total. The summed E-state index contributed by atoms with van der Waals surface area (Å²) in [5, 5.41) is 4.47. The molecule has 2 rings (SSSR count). The Labute approximate surface area is 155 Å². The first kappa shape index (κ1) is 19.6. The van der Waals surface area contributed by atoms with Gasteiger partial charge in [0.05, 0.1) is 24.6 Å². The lowest BCUT2D eigenvalue weighted by molar-refractivity contribution is 0.123. The van der Waals surface area contributed by atoms with Gasteiger partial charge in [-0.1, -0.05) is 37.2 Å². The fourth-order valence-electron chi connectivity index (χ4n) is 2.27. The summed E-state index contributed by atoms with van der Waals surface area (Å²) in [5.74, 6) is 0. The molecule has 6 heteroatoms. The number of morpholine rings is 1. The van der Waals surface area contributed by atoms with Gasteiger partial charge in [-0.2, -0.15) is 0 Å². The molecule has 1 saturated heterocycles. The van der Waals surface area contributed by atoms with Crippen molar-refractivity contribution in [1.82, 2.24) is 0 Å². The summed E-state index contributed by atoms with van der Waals surface area (Å²) < 4.78 is 5.44. The van der Waals surface area contributed by atoms with Gasteiger partial charge in [-0.3, -0.25) is 4.99 Å². The number of halogens is 1. The third-order valence-electron chi connectivity index (χ3n) is 3.46. The monoisotopic (exact) mass is 435 g/mol. The van der Waals surface area contributed by atoms with Gasteiger partial charge in [0.25, 0.3) is 0 Å². The minimum Gasteiger partial charge on any atom is -0.378 e. The number of hydrogen-bond acceptors (Lipinski definition) is 4. The number of para-hydroxylation sites is 2. The van der Waals surface area contributed by atoms with E-state index in [4.69, 9.17) is 4.74 Å². The molecule has 0 atom stereocenters. The summed E-state index contributed by atoms with van der Waals surface area (Å²) in [7, 11) is 0. The van der Waals surface area contributed by atoms with Crippen molar-refractivity contribution in [3.63, 3.8) is 0 Å². The highest BCUT2D eigenvalue weighted by Gasteiger charge is 2.14. The van der Waals surface area contributed by atoms with Crippen molar-refractivity contribution in [1.29, 1.82) is 0 Å². The Balaban J connectivity index is 0.00000242. The van der Waals surface area contributed by atoms with E-state index in [9.17, 15) is 0 Å². The zero-order chi connectivity index (χ0) is 14.9. The van der Waals surface area contributed by atoms with E-state index >= 15 is 0 Å². The van der Waals surface area contributed by atoms with Gasteiger partial charge in [0.15, 0.2) is 5.17 Å². The molecular formula is C16H26IN3OS. The summed E-state index contributed by atoms with van der Waals surface area (Å²) >= 11 is 1.67. The second-order valence-electron chi connectivity index (χ2n) is 4.99. The molecule has 0 bridgehead atoms. The van der Waals surface area contributed by atoms with E-state index in [0.717, 1.165) is 50.1 Å². The van der Waals surface area contributed by atoms with Crippen LogP contribution in [0.15, 0.2) is 29.3 Å². The van der Waals surface area contributed by atoms with Crippen LogP contribution in [-0.2, 0) is 4.74 Å². The Bertz CT molecular complexity index is 464. The molecule has 1 heterocycles. The Kier molecular flexibility index (Phi) is 9.90. The maximum Gasteiger partial charge on any atom is 0.160 e. The van der Waals surface area contributed by atoms with Gasteiger partial charge in [-0.25, -0.2) is 0 Å². The SMILES string of the molecule is CCCC/N=C(/Nc1ccccc1N1CCOCC1)SC.I. The molecule has 0 radical (unpaired) electrons. The maximum atomic E-state index is 5.44. The first-order valence-corrected chi connectivity index (χ1v) is 8.84. The van der Waals surface area contributed by atoms with Crippen molar-refractivity contribution in [3.8, 4) is 0 Å². The molecular weight excluding hydrogens is 409 g/mol. The van der Waals surface area contributed by atoms with Crippen molar-refractivity contribution >= 4 is 52.3 Å². The number of ether oxygens (including phenoxy) is 1. The van der Waals surface area contributed by atoms with Crippen molar-refractivity contribution in [2.75, 3.05) is 49.3 Å². The van der Waals surface area contributed by atoms with Crippen molar-refractivity contribution in [3.05, 3.63) is 24.3 Å². The normalized spacial score (nSPS) is 15.4. The average Bonchev–Trinajstić information content (AvgIpc) is 2.55. The Hall–Kier alpha value is -0.470. The Morgan fingerprint density at radius 3 is 2.73 bits per heavy atom. The van der Waals surface area contributed by atoms with Crippen molar-refractivity contribution in [2.24, 2.45) is 4.99 Å². The molecule has 0 saturated carbocycles. The van der Waals surface area contributed by atoms with Gasteiger partial charge >= 0.3 is 0 Å². The quantitative estimate of drug-likeness (QED) is 0.328. The second kappa shape index (κ2) is 11.1. The van der Waals surface area contributed by atoms with Crippen LogP contribution in [0.25, 0.3) is 0 Å². The second-order valence-corrected chi connectivity index (χ2v) is 5.78. The number of unbranched alkanes of at least 4 members (excludes halogenated alkanes) is 1. The lowest BCUT2D eigenvalue weighted by Gasteiger charge is -2.30. The van der Waals surface area contributed by atoms with Crippen LogP contribution in [0.4, 0.5) is 11.4 Å². The summed E-state index contributed by atoms with van der Waals surface area (Å²) in [4.78, 5) is 7.01. The van der Waals surface area contributed by atoms with Gasteiger partial charge in [0.1, 0.15) is 0 Å². The molecule has 1 aliphatic heterocycles. The first-order chi connectivity index (χ1) is 10.3. The van der Waals surface area contributed by atoms with E-state index in [2.05, 4.69) is 52.7 Å². The van der Waals surface area contributed by atoms with Gasteiger partial charge in [0.2, 0.25) is 0 Å². The van der Waals surface area contributed by atoms with Crippen molar-refractivity contribution in [2.45, 2.75) is 19.8 Å². The largest absolute Gasteiger partial charge is 0.378 e. The molecule has 124 valence electrons. The molecule has 22 heavy (non-hydrogen) atoms. The standard InChI is InChI=1S/C16H25N3OS.HI/c1-3-4-9-17-16(21-2)18-14-7-5-6-8-15(14)19-10-12-20-13-11-19;/h5-8H,3-4,9-13H2,1-2H3,(H,17,18);1H. The van der Waals surface area contributed by atoms with Crippen LogP contribution >= 0.6 is 35.7 Å². The fraction of sp³-hybridized carbons (Fsp3) is 0.562. The number of thioether (sulfide) groups is 1. The van der Waals surface area contributed by atoms with Crippen LogP contribution in [0, 0.1) is 0 Å². The highest BCUT2D eigenvalue weighted by Crippen LogP contribution is 2.27. The molecule has 1 aliphatic rings. The lowest BCUT2D eigenvalue weighted by atomic mass is 10.2. The fourth-order valence-corrected chi connectivity index (χ4v) is 2.70. The van der Waals surface area contributed by atoms with E-state index in [0.29, 0.717) is 0 Å². The molecule has 4 nitrogen and oxygen atoms in total. The predicted molar refractivity (Wildman–Crippen MR) is 109 cm³/mol. The van der Waals surface area contributed by atoms with Gasteiger partial charge in [-0.05, 0) is 24.8 Å². The van der Waals surface area contributed by atoms with E-state index in [1.165, 1.54) is 12.1 Å². The van der Waals surface area contributed by atoms with Crippen LogP contribution in [0.2, 0.25) is 0 Å². The number of rotatable bonds is 5. The number of anilines is 2. The van der Waals surface area contributed by atoms with Crippen LogP contribution in [-0.4, -0.2) is 44.3 Å². The third kappa shape index (κ3) is 5.96. The number of hydrogen-bond donors (Lipinski definition) is 1. The zero-order valence-electron chi connectivity index (χ0n) is 13.4. The smallest absolute Gasteiger partial charge is 0.160 e. The van der Waals surface area contributed by atoms with Gasteiger partial charge < -0.3 is 15.0 Å². The van der Waals surface area contributed by atoms with E-state index < -0.39 is 0 Å². The number of benzene rings is 1. The summed E-state index contributed by atoms with van der Waals surface area (Å²) in [6.45, 7) is 6.57. The molecule has 0 unspecified atom stereocenters. The van der Waals surface area contributed by atoms with Gasteiger partial charge in [0, 0.05) is 19.6 Å². The maximum absolute atomic E-state index is 5.44. The summed E-state index contributed by atoms with van der Waals surface area (Å²) in [5.41, 5.74) is 2.36.